The standard InChI is InChI=1S/C27H33N3O4/c1-27(2,3)21-10-6-19(7-11-21)24-23(18-8-12-22(33-5)13-9-18)28-25(34-24)20-14-16-30(17-15-20)26(31)29(4)32/h6-13,20,32H,14-17H2,1-5H3. The largest absolute Gasteiger partial charge is 0.497 e. The van der Waals surface area contributed by atoms with Crippen LogP contribution in [0.2, 0.25) is 0 Å². The third-order valence-corrected chi connectivity index (χ3v) is 6.41. The van der Waals surface area contributed by atoms with Crippen molar-refractivity contribution in [2.24, 2.45) is 0 Å². The number of nitrogens with zero attached hydrogens (tertiary/aromatic N) is 3. The fourth-order valence-corrected chi connectivity index (χ4v) is 4.30. The van der Waals surface area contributed by atoms with Gasteiger partial charge < -0.3 is 14.1 Å². The van der Waals surface area contributed by atoms with Gasteiger partial charge >= 0.3 is 6.03 Å². The molecule has 2 aromatic carbocycles. The third kappa shape index (κ3) is 4.94. The molecule has 1 aliphatic heterocycles. The van der Waals surface area contributed by atoms with Crippen molar-refractivity contribution >= 4 is 6.03 Å². The number of rotatable bonds is 4. The van der Waals surface area contributed by atoms with Crippen LogP contribution in [0.1, 0.15) is 51.0 Å². The molecule has 0 bridgehead atoms. The Balaban J connectivity index is 1.67. The van der Waals surface area contributed by atoms with Crippen molar-refractivity contribution in [3.63, 3.8) is 0 Å². The van der Waals surface area contributed by atoms with Crippen LogP contribution in [0.15, 0.2) is 52.9 Å². The van der Waals surface area contributed by atoms with Crippen molar-refractivity contribution in [2.75, 3.05) is 27.2 Å². The van der Waals surface area contributed by atoms with Crippen LogP contribution in [0.4, 0.5) is 4.79 Å². The summed E-state index contributed by atoms with van der Waals surface area (Å²) < 4.78 is 11.7. The lowest BCUT2D eigenvalue weighted by atomic mass is 9.86. The molecular formula is C27H33N3O4. The molecule has 180 valence electrons. The van der Waals surface area contributed by atoms with Gasteiger partial charge in [-0.3, -0.25) is 5.21 Å². The molecule has 0 aliphatic carbocycles. The Kier molecular flexibility index (Phi) is 6.66. The first-order chi connectivity index (χ1) is 16.2. The number of hydroxylamine groups is 2. The number of benzene rings is 2. The maximum Gasteiger partial charge on any atom is 0.343 e. The summed E-state index contributed by atoms with van der Waals surface area (Å²) in [5.74, 6) is 2.32. The molecule has 0 saturated carbocycles. The fourth-order valence-electron chi connectivity index (χ4n) is 4.30. The Labute approximate surface area is 200 Å². The second kappa shape index (κ2) is 9.50. The van der Waals surface area contributed by atoms with Gasteiger partial charge in [0.15, 0.2) is 11.7 Å². The molecule has 0 radical (unpaired) electrons. The highest BCUT2D eigenvalue weighted by molar-refractivity contribution is 5.77. The fraction of sp³-hybridized carbons (Fsp3) is 0.407. The molecule has 34 heavy (non-hydrogen) atoms. The van der Waals surface area contributed by atoms with Crippen molar-refractivity contribution in [3.05, 3.63) is 60.0 Å². The SMILES string of the molecule is COc1ccc(-c2nc(C3CCN(C(=O)N(C)O)CC3)oc2-c2ccc(C(C)(C)C)cc2)cc1. The number of hydrogen-bond acceptors (Lipinski definition) is 5. The summed E-state index contributed by atoms with van der Waals surface area (Å²) in [7, 11) is 3.00. The molecule has 3 aromatic rings. The first-order valence-electron chi connectivity index (χ1n) is 11.6. The van der Waals surface area contributed by atoms with Gasteiger partial charge in [0.2, 0.25) is 0 Å². The molecule has 2 amide bonds. The quantitative estimate of drug-likeness (QED) is 0.383. The van der Waals surface area contributed by atoms with Crippen molar-refractivity contribution in [2.45, 2.75) is 44.9 Å². The molecule has 0 unspecified atom stereocenters. The summed E-state index contributed by atoms with van der Waals surface area (Å²) in [5.41, 5.74) is 4.06. The van der Waals surface area contributed by atoms with Crippen LogP contribution in [0.25, 0.3) is 22.6 Å². The number of hydrogen-bond donors (Lipinski definition) is 1. The molecule has 1 fully saturated rings. The highest BCUT2D eigenvalue weighted by Gasteiger charge is 2.30. The minimum Gasteiger partial charge on any atom is -0.497 e. The number of carbonyl (C=O) groups is 1. The first-order valence-corrected chi connectivity index (χ1v) is 11.6. The van der Waals surface area contributed by atoms with E-state index in [0.29, 0.717) is 24.0 Å². The van der Waals surface area contributed by atoms with Gasteiger partial charge in [0.05, 0.1) is 7.11 Å². The van der Waals surface area contributed by atoms with Crippen LogP contribution in [0, 0.1) is 0 Å². The highest BCUT2D eigenvalue weighted by atomic mass is 16.5. The maximum atomic E-state index is 12.1. The summed E-state index contributed by atoms with van der Waals surface area (Å²) in [6, 6.07) is 15.9. The number of urea groups is 1. The van der Waals surface area contributed by atoms with Crippen LogP contribution in [-0.4, -0.2) is 53.4 Å². The summed E-state index contributed by atoms with van der Waals surface area (Å²) in [5, 5.41) is 10.1. The number of piperidine rings is 1. The number of methoxy groups -OCH3 is 1. The first kappa shape index (κ1) is 23.8. The van der Waals surface area contributed by atoms with Crippen molar-refractivity contribution < 1.29 is 19.2 Å². The van der Waals surface area contributed by atoms with E-state index in [4.69, 9.17) is 14.1 Å². The van der Waals surface area contributed by atoms with E-state index in [9.17, 15) is 10.0 Å². The van der Waals surface area contributed by atoms with E-state index in [1.54, 1.807) is 12.0 Å². The number of aromatic nitrogens is 1. The normalized spacial score (nSPS) is 14.8. The summed E-state index contributed by atoms with van der Waals surface area (Å²) >= 11 is 0. The van der Waals surface area contributed by atoms with Gasteiger partial charge in [0, 0.05) is 37.2 Å². The minimum absolute atomic E-state index is 0.0674. The Morgan fingerprint density at radius 2 is 1.65 bits per heavy atom. The predicted molar refractivity (Wildman–Crippen MR) is 131 cm³/mol. The van der Waals surface area contributed by atoms with E-state index < -0.39 is 0 Å². The van der Waals surface area contributed by atoms with Gasteiger partial charge in [-0.1, -0.05) is 45.0 Å². The molecule has 1 aromatic heterocycles. The van der Waals surface area contributed by atoms with Crippen molar-refractivity contribution in [3.8, 4) is 28.3 Å². The second-order valence-corrected chi connectivity index (χ2v) is 9.85. The summed E-state index contributed by atoms with van der Waals surface area (Å²) in [6.45, 7) is 7.68. The average molecular weight is 464 g/mol. The lowest BCUT2D eigenvalue weighted by molar-refractivity contribution is -0.0358. The van der Waals surface area contributed by atoms with Crippen molar-refractivity contribution in [1.29, 1.82) is 0 Å². The van der Waals surface area contributed by atoms with Gasteiger partial charge in [-0.25, -0.2) is 14.8 Å². The topological polar surface area (TPSA) is 79.0 Å². The maximum absolute atomic E-state index is 12.1. The molecule has 1 N–H and O–H groups in total. The molecule has 4 rings (SSSR count). The zero-order chi connectivity index (χ0) is 24.5. The number of carbonyl (C=O) groups excluding carboxylic acids is 1. The molecule has 7 nitrogen and oxygen atoms in total. The van der Waals surface area contributed by atoms with Gasteiger partial charge in [-0.05, 0) is 48.1 Å². The smallest absolute Gasteiger partial charge is 0.343 e. The van der Waals surface area contributed by atoms with Crippen LogP contribution in [0.5, 0.6) is 5.75 Å². The van der Waals surface area contributed by atoms with E-state index in [1.165, 1.54) is 12.6 Å². The summed E-state index contributed by atoms with van der Waals surface area (Å²) in [6.07, 6.45) is 1.45. The average Bonchev–Trinajstić information content (AvgIpc) is 3.28. The van der Waals surface area contributed by atoms with E-state index in [-0.39, 0.29) is 17.4 Å². The van der Waals surface area contributed by atoms with E-state index in [0.717, 1.165) is 41.2 Å². The summed E-state index contributed by atoms with van der Waals surface area (Å²) in [4.78, 5) is 18.7. The Bertz CT molecular complexity index is 1120. The van der Waals surface area contributed by atoms with Crippen LogP contribution in [-0.2, 0) is 5.41 Å². The molecule has 2 heterocycles. The zero-order valence-electron chi connectivity index (χ0n) is 20.5. The number of amides is 2. The third-order valence-electron chi connectivity index (χ3n) is 6.41. The number of ether oxygens (including phenoxy) is 1. The Morgan fingerprint density at radius 3 is 2.18 bits per heavy atom. The minimum atomic E-state index is -0.385. The predicted octanol–water partition coefficient (Wildman–Crippen LogP) is 5.94. The molecular weight excluding hydrogens is 430 g/mol. The molecule has 0 spiro atoms. The van der Waals surface area contributed by atoms with E-state index in [1.807, 2.05) is 24.3 Å². The monoisotopic (exact) mass is 463 g/mol. The van der Waals surface area contributed by atoms with Crippen LogP contribution >= 0.6 is 0 Å². The lowest BCUT2D eigenvalue weighted by Gasteiger charge is -2.31. The Hall–Kier alpha value is -3.32. The van der Waals surface area contributed by atoms with E-state index in [2.05, 4.69) is 45.0 Å². The number of oxazole rings is 1. The van der Waals surface area contributed by atoms with Gasteiger partial charge in [0.1, 0.15) is 11.4 Å². The highest BCUT2D eigenvalue weighted by Crippen LogP contribution is 2.38. The second-order valence-electron chi connectivity index (χ2n) is 9.85. The zero-order valence-corrected chi connectivity index (χ0v) is 20.5. The van der Waals surface area contributed by atoms with Gasteiger partial charge in [-0.15, -0.1) is 0 Å². The van der Waals surface area contributed by atoms with Gasteiger partial charge in [0.25, 0.3) is 0 Å². The molecule has 1 saturated heterocycles. The molecule has 0 atom stereocenters. The molecule has 7 heteroatoms. The van der Waals surface area contributed by atoms with Gasteiger partial charge in [-0.2, -0.15) is 0 Å². The molecule has 1 aliphatic rings. The van der Waals surface area contributed by atoms with Crippen molar-refractivity contribution in [1.82, 2.24) is 14.9 Å². The van der Waals surface area contributed by atoms with Crippen LogP contribution in [0.3, 0.4) is 0 Å². The van der Waals surface area contributed by atoms with E-state index >= 15 is 0 Å². The lowest BCUT2D eigenvalue weighted by Crippen LogP contribution is -2.43. The number of likely N-dealkylation sites (tertiary alicyclic amines) is 1. The van der Waals surface area contributed by atoms with Crippen LogP contribution < -0.4 is 4.74 Å². The Morgan fingerprint density at radius 1 is 1.06 bits per heavy atom.